The highest BCUT2D eigenvalue weighted by Crippen LogP contribution is 2.17. The monoisotopic (exact) mass is 307 g/mol. The predicted molar refractivity (Wildman–Crippen MR) is 60.6 cm³/mol. The van der Waals surface area contributed by atoms with Gasteiger partial charge in [0, 0.05) is 14.9 Å². The fourth-order valence-electron chi connectivity index (χ4n) is 1.08. The number of rotatable bonds is 4. The smallest absolute Gasteiger partial charge is 0.206 e. The van der Waals surface area contributed by atoms with Crippen molar-refractivity contribution in [3.8, 4) is 0 Å². The van der Waals surface area contributed by atoms with Crippen LogP contribution < -0.4 is 0 Å². The highest BCUT2D eigenvalue weighted by molar-refractivity contribution is 14.1. The van der Waals surface area contributed by atoms with E-state index in [1.54, 1.807) is 12.1 Å². The molecule has 0 aliphatic heterocycles. The highest BCUT2D eigenvalue weighted by atomic mass is 127. The average molecular weight is 307 g/mol. The van der Waals surface area contributed by atoms with Gasteiger partial charge in [0.1, 0.15) is 0 Å². The summed E-state index contributed by atoms with van der Waals surface area (Å²) in [5.41, 5.74) is 0.729. The van der Waals surface area contributed by atoms with E-state index < -0.39 is 11.0 Å². The molecule has 5 heteroatoms. The lowest BCUT2D eigenvalue weighted by molar-refractivity contribution is -0.482. The Labute approximate surface area is 95.2 Å². The zero-order valence-corrected chi connectivity index (χ0v) is 9.55. The molecule has 1 unspecified atom stereocenters. The maximum absolute atomic E-state index is 10.1. The Morgan fingerprint density at radius 2 is 2.00 bits per heavy atom. The molecule has 0 amide bonds. The van der Waals surface area contributed by atoms with E-state index in [1.807, 2.05) is 12.1 Å². The molecule has 0 radical (unpaired) electrons. The number of aliphatic hydroxyl groups is 1. The van der Waals surface area contributed by atoms with Crippen molar-refractivity contribution in [1.29, 1.82) is 0 Å². The maximum atomic E-state index is 10.1. The van der Waals surface area contributed by atoms with Crippen molar-refractivity contribution in [2.75, 3.05) is 6.54 Å². The summed E-state index contributed by atoms with van der Waals surface area (Å²) in [4.78, 5) is 9.66. The maximum Gasteiger partial charge on any atom is 0.206 e. The van der Waals surface area contributed by atoms with Crippen LogP contribution in [0.4, 0.5) is 0 Å². The molecule has 76 valence electrons. The summed E-state index contributed by atoms with van der Waals surface area (Å²) in [5.74, 6) is 0. The molecule has 14 heavy (non-hydrogen) atoms. The SMILES string of the molecule is O=[N+]([O-])CCC(O)c1ccc(I)cc1. The van der Waals surface area contributed by atoms with Crippen molar-refractivity contribution in [3.05, 3.63) is 43.5 Å². The molecule has 0 aliphatic rings. The third-order valence-electron chi connectivity index (χ3n) is 1.84. The van der Waals surface area contributed by atoms with Crippen LogP contribution in [0.3, 0.4) is 0 Å². The Morgan fingerprint density at radius 1 is 1.43 bits per heavy atom. The second kappa shape index (κ2) is 5.26. The standard InChI is InChI=1S/C9H10INO3/c10-8-3-1-7(2-4-8)9(12)5-6-11(13)14/h1-4,9,12H,5-6H2. The first kappa shape index (κ1) is 11.4. The fourth-order valence-corrected chi connectivity index (χ4v) is 1.44. The Morgan fingerprint density at radius 3 is 2.50 bits per heavy atom. The van der Waals surface area contributed by atoms with Gasteiger partial charge < -0.3 is 5.11 Å². The lowest BCUT2D eigenvalue weighted by atomic mass is 10.1. The van der Waals surface area contributed by atoms with Crippen LogP contribution in [-0.4, -0.2) is 16.6 Å². The molecule has 1 aromatic rings. The number of hydrogen-bond acceptors (Lipinski definition) is 3. The van der Waals surface area contributed by atoms with Crippen LogP contribution in [0.2, 0.25) is 0 Å². The molecule has 4 nitrogen and oxygen atoms in total. The summed E-state index contributed by atoms with van der Waals surface area (Å²) < 4.78 is 1.08. The number of benzene rings is 1. The van der Waals surface area contributed by atoms with Crippen LogP contribution in [0, 0.1) is 13.7 Å². The molecule has 1 aromatic carbocycles. The van der Waals surface area contributed by atoms with E-state index in [2.05, 4.69) is 22.6 Å². The van der Waals surface area contributed by atoms with E-state index in [0.717, 1.165) is 9.13 Å². The van der Waals surface area contributed by atoms with Crippen LogP contribution >= 0.6 is 22.6 Å². The van der Waals surface area contributed by atoms with E-state index in [9.17, 15) is 15.2 Å². The van der Waals surface area contributed by atoms with Crippen molar-refractivity contribution in [3.63, 3.8) is 0 Å². The molecule has 0 bridgehead atoms. The van der Waals surface area contributed by atoms with Gasteiger partial charge in [-0.05, 0) is 40.3 Å². The molecule has 0 saturated carbocycles. The van der Waals surface area contributed by atoms with Gasteiger partial charge in [-0.25, -0.2) is 0 Å². The van der Waals surface area contributed by atoms with Gasteiger partial charge in [0.25, 0.3) is 0 Å². The van der Waals surface area contributed by atoms with Crippen LogP contribution in [0.25, 0.3) is 0 Å². The van der Waals surface area contributed by atoms with E-state index in [0.29, 0.717) is 0 Å². The summed E-state index contributed by atoms with van der Waals surface area (Å²) in [6, 6.07) is 7.30. The van der Waals surface area contributed by atoms with Crippen LogP contribution in [0.15, 0.2) is 24.3 Å². The predicted octanol–water partition coefficient (Wildman–Crippen LogP) is 1.99. The first-order chi connectivity index (χ1) is 6.59. The molecule has 0 aliphatic carbocycles. The number of halogens is 1. The van der Waals surface area contributed by atoms with Gasteiger partial charge >= 0.3 is 0 Å². The van der Waals surface area contributed by atoms with Gasteiger partial charge in [-0.15, -0.1) is 0 Å². The van der Waals surface area contributed by atoms with Crippen LogP contribution in [-0.2, 0) is 0 Å². The average Bonchev–Trinajstić information content (AvgIpc) is 2.15. The topological polar surface area (TPSA) is 63.4 Å². The third-order valence-corrected chi connectivity index (χ3v) is 2.56. The molecule has 0 saturated heterocycles. The van der Waals surface area contributed by atoms with Crippen LogP contribution in [0.1, 0.15) is 18.1 Å². The van der Waals surface area contributed by atoms with Gasteiger partial charge in [0.15, 0.2) is 0 Å². The van der Waals surface area contributed by atoms with E-state index in [1.165, 1.54) is 0 Å². The molecular formula is C9H10INO3. The van der Waals surface area contributed by atoms with Crippen molar-refractivity contribution < 1.29 is 10.0 Å². The van der Waals surface area contributed by atoms with Gasteiger partial charge in [-0.3, -0.25) is 10.1 Å². The fraction of sp³-hybridized carbons (Fsp3) is 0.333. The van der Waals surface area contributed by atoms with Crippen molar-refractivity contribution in [1.82, 2.24) is 0 Å². The van der Waals surface area contributed by atoms with Gasteiger partial charge in [0.05, 0.1) is 6.10 Å². The Balaban J connectivity index is 2.56. The minimum absolute atomic E-state index is 0.160. The Bertz CT molecular complexity index is 312. The normalized spacial score (nSPS) is 12.4. The minimum Gasteiger partial charge on any atom is -0.388 e. The van der Waals surface area contributed by atoms with E-state index in [-0.39, 0.29) is 13.0 Å². The molecule has 0 spiro atoms. The Kier molecular flexibility index (Phi) is 4.27. The summed E-state index contributed by atoms with van der Waals surface area (Å²) >= 11 is 2.16. The Hall–Kier alpha value is -0.690. The molecule has 1 atom stereocenters. The van der Waals surface area contributed by atoms with Gasteiger partial charge in [-0.1, -0.05) is 12.1 Å². The molecule has 0 aromatic heterocycles. The second-order valence-corrected chi connectivity index (χ2v) is 4.16. The van der Waals surface area contributed by atoms with Gasteiger partial charge in [0.2, 0.25) is 6.54 Å². The van der Waals surface area contributed by atoms with Crippen molar-refractivity contribution >= 4 is 22.6 Å². The molecule has 0 heterocycles. The number of hydrogen-bond donors (Lipinski definition) is 1. The number of nitro groups is 1. The quantitative estimate of drug-likeness (QED) is 0.526. The van der Waals surface area contributed by atoms with E-state index in [4.69, 9.17) is 0 Å². The summed E-state index contributed by atoms with van der Waals surface area (Å²) in [6.07, 6.45) is -0.578. The molecule has 1 rings (SSSR count). The summed E-state index contributed by atoms with van der Waals surface area (Å²) in [6.45, 7) is -0.201. The molecular weight excluding hydrogens is 297 g/mol. The first-order valence-corrected chi connectivity index (χ1v) is 5.23. The van der Waals surface area contributed by atoms with Gasteiger partial charge in [-0.2, -0.15) is 0 Å². The summed E-state index contributed by atoms with van der Waals surface area (Å²) in [5, 5.41) is 19.6. The van der Waals surface area contributed by atoms with Crippen LogP contribution in [0.5, 0.6) is 0 Å². The molecule has 0 fully saturated rings. The highest BCUT2D eigenvalue weighted by Gasteiger charge is 2.10. The minimum atomic E-state index is -0.739. The van der Waals surface area contributed by atoms with Crippen molar-refractivity contribution in [2.24, 2.45) is 0 Å². The van der Waals surface area contributed by atoms with E-state index >= 15 is 0 Å². The molecule has 1 N–H and O–H groups in total. The number of nitrogens with zero attached hydrogens (tertiary/aromatic N) is 1. The zero-order valence-electron chi connectivity index (χ0n) is 7.39. The summed E-state index contributed by atoms with van der Waals surface area (Å²) in [7, 11) is 0. The van der Waals surface area contributed by atoms with Crippen molar-refractivity contribution in [2.45, 2.75) is 12.5 Å². The lowest BCUT2D eigenvalue weighted by Crippen LogP contribution is -2.07. The second-order valence-electron chi connectivity index (χ2n) is 2.91. The first-order valence-electron chi connectivity index (χ1n) is 4.15. The zero-order chi connectivity index (χ0) is 10.6. The number of aliphatic hydroxyl groups excluding tert-OH is 1. The lowest BCUT2D eigenvalue weighted by Gasteiger charge is -2.07. The third kappa shape index (κ3) is 3.59. The largest absolute Gasteiger partial charge is 0.388 e.